The molecule has 2 aromatic rings. The number of aliphatic imine (C=N–C) groups is 1. The number of rotatable bonds is 5. The number of hydrogen-bond donors (Lipinski definition) is 0. The van der Waals surface area contributed by atoms with Gasteiger partial charge in [-0.15, -0.1) is 0 Å². The van der Waals surface area contributed by atoms with Gasteiger partial charge in [-0.25, -0.2) is 0 Å². The van der Waals surface area contributed by atoms with Crippen molar-refractivity contribution in [3.63, 3.8) is 0 Å². The fourth-order valence-corrected chi connectivity index (χ4v) is 3.60. The molecular weight excluding hydrogens is 386 g/mol. The zero-order chi connectivity index (χ0) is 24.2. The van der Waals surface area contributed by atoms with Crippen LogP contribution in [0.5, 0.6) is 0 Å². The van der Waals surface area contributed by atoms with E-state index in [0.717, 1.165) is 12.1 Å². The molecule has 0 N–H and O–H groups in total. The van der Waals surface area contributed by atoms with Crippen molar-refractivity contribution in [1.82, 2.24) is 0 Å². The Morgan fingerprint density at radius 3 is 1.75 bits per heavy atom. The molecule has 2 rings (SSSR count). The van der Waals surface area contributed by atoms with Crippen LogP contribution in [-0.2, 0) is 17.3 Å². The molecule has 0 unspecified atom stereocenters. The highest BCUT2D eigenvalue weighted by Gasteiger charge is 2.20. The van der Waals surface area contributed by atoms with Crippen LogP contribution in [0.4, 0.5) is 0 Å². The molecule has 2 aromatic carbocycles. The predicted octanol–water partition coefficient (Wildman–Crippen LogP) is 8.93. The highest BCUT2D eigenvalue weighted by molar-refractivity contribution is 5.81. The van der Waals surface area contributed by atoms with Crippen LogP contribution >= 0.6 is 0 Å². The first kappa shape index (κ1) is 25.8. The molecule has 0 saturated heterocycles. The van der Waals surface area contributed by atoms with E-state index < -0.39 is 0 Å². The van der Waals surface area contributed by atoms with Crippen LogP contribution < -0.4 is 0 Å². The molecule has 0 aliphatic carbocycles. The summed E-state index contributed by atoms with van der Waals surface area (Å²) >= 11 is 0. The van der Waals surface area contributed by atoms with E-state index in [2.05, 4.69) is 136 Å². The minimum Gasteiger partial charge on any atom is -0.261 e. The monoisotopic (exact) mass is 429 g/mol. The minimum atomic E-state index is 0.0429. The first-order chi connectivity index (χ1) is 14.7. The first-order valence-corrected chi connectivity index (χ1v) is 11.8. The molecule has 0 spiro atoms. The van der Waals surface area contributed by atoms with Gasteiger partial charge in [-0.05, 0) is 45.4 Å². The zero-order valence-corrected chi connectivity index (χ0v) is 22.0. The third kappa shape index (κ3) is 7.62. The van der Waals surface area contributed by atoms with Crippen LogP contribution in [0, 0.1) is 5.41 Å². The van der Waals surface area contributed by atoms with E-state index in [1.54, 1.807) is 0 Å². The van der Waals surface area contributed by atoms with Crippen molar-refractivity contribution >= 4 is 11.8 Å². The number of nitrogens with zero attached hydrogens (tertiary/aromatic N) is 1. The standard InChI is InChI=1S/C31H43N/c1-11-27(24-15-13-12-14-16-24)28(22-29(2,3)4)32-18-17-23-19-25(30(5,6)7)21-26(20-23)31(8,9)10/h11-16,18-22H,17H2,1-10H3/b27-11-,28-22+,32-18+. The van der Waals surface area contributed by atoms with E-state index in [1.807, 2.05) is 0 Å². The van der Waals surface area contributed by atoms with Gasteiger partial charge in [0.15, 0.2) is 0 Å². The van der Waals surface area contributed by atoms with E-state index >= 15 is 0 Å². The summed E-state index contributed by atoms with van der Waals surface area (Å²) < 4.78 is 0. The Kier molecular flexibility index (Phi) is 8.10. The molecular formula is C31H43N. The van der Waals surface area contributed by atoms with Gasteiger partial charge in [0.05, 0.1) is 5.70 Å². The van der Waals surface area contributed by atoms with E-state index in [4.69, 9.17) is 4.99 Å². The van der Waals surface area contributed by atoms with Crippen molar-refractivity contribution in [2.45, 2.75) is 86.5 Å². The van der Waals surface area contributed by atoms with E-state index in [-0.39, 0.29) is 16.2 Å². The highest BCUT2D eigenvalue weighted by atomic mass is 14.7. The van der Waals surface area contributed by atoms with Crippen LogP contribution in [0.15, 0.2) is 71.4 Å². The maximum Gasteiger partial charge on any atom is 0.0666 e. The molecule has 0 aliphatic rings. The van der Waals surface area contributed by atoms with Gasteiger partial charge in [-0.3, -0.25) is 4.99 Å². The lowest BCUT2D eigenvalue weighted by Crippen LogP contribution is -2.17. The van der Waals surface area contributed by atoms with Crippen molar-refractivity contribution in [2.75, 3.05) is 0 Å². The van der Waals surface area contributed by atoms with Crippen molar-refractivity contribution in [2.24, 2.45) is 10.4 Å². The Balaban J connectivity index is 2.44. The summed E-state index contributed by atoms with van der Waals surface area (Å²) in [6, 6.07) is 17.6. The second-order valence-corrected chi connectivity index (χ2v) is 11.9. The Bertz CT molecular complexity index is 949. The van der Waals surface area contributed by atoms with Crippen LogP contribution in [0.1, 0.15) is 91.5 Å². The van der Waals surface area contributed by atoms with Gasteiger partial charge >= 0.3 is 0 Å². The molecule has 0 amide bonds. The van der Waals surface area contributed by atoms with Gasteiger partial charge < -0.3 is 0 Å². The van der Waals surface area contributed by atoms with Crippen molar-refractivity contribution in [3.8, 4) is 0 Å². The molecule has 0 aliphatic heterocycles. The second kappa shape index (κ2) is 10.0. The molecule has 32 heavy (non-hydrogen) atoms. The lowest BCUT2D eigenvalue weighted by molar-refractivity contribution is 0.541. The summed E-state index contributed by atoms with van der Waals surface area (Å²) in [6.45, 7) is 22.5. The van der Waals surface area contributed by atoms with Crippen LogP contribution in [-0.4, -0.2) is 6.21 Å². The summed E-state index contributed by atoms with van der Waals surface area (Å²) in [7, 11) is 0. The zero-order valence-electron chi connectivity index (χ0n) is 22.0. The van der Waals surface area contributed by atoms with E-state index in [1.165, 1.54) is 27.8 Å². The van der Waals surface area contributed by atoms with Crippen molar-refractivity contribution in [1.29, 1.82) is 0 Å². The maximum absolute atomic E-state index is 5.00. The summed E-state index contributed by atoms with van der Waals surface area (Å²) in [4.78, 5) is 5.00. The third-order valence-corrected chi connectivity index (χ3v) is 5.50. The van der Waals surface area contributed by atoms with E-state index in [0.29, 0.717) is 0 Å². The highest BCUT2D eigenvalue weighted by Crippen LogP contribution is 2.31. The quantitative estimate of drug-likeness (QED) is 0.332. The second-order valence-electron chi connectivity index (χ2n) is 11.9. The molecule has 1 heteroatoms. The van der Waals surface area contributed by atoms with Crippen molar-refractivity contribution < 1.29 is 0 Å². The fourth-order valence-electron chi connectivity index (χ4n) is 3.60. The van der Waals surface area contributed by atoms with Gasteiger partial charge in [0.25, 0.3) is 0 Å². The molecule has 172 valence electrons. The van der Waals surface area contributed by atoms with Crippen molar-refractivity contribution in [3.05, 3.63) is 88.6 Å². The Labute approximate surface area is 197 Å². The Morgan fingerprint density at radius 2 is 1.31 bits per heavy atom. The van der Waals surface area contributed by atoms with Crippen LogP contribution in [0.3, 0.4) is 0 Å². The lowest BCUT2D eigenvalue weighted by Gasteiger charge is -2.26. The first-order valence-electron chi connectivity index (χ1n) is 11.8. The number of benzene rings is 2. The molecule has 0 fully saturated rings. The molecule has 0 heterocycles. The maximum atomic E-state index is 5.00. The fraction of sp³-hybridized carbons (Fsp3) is 0.452. The topological polar surface area (TPSA) is 12.4 Å². The summed E-state index contributed by atoms with van der Waals surface area (Å²) in [5.41, 5.74) is 7.79. The van der Waals surface area contributed by atoms with Gasteiger partial charge in [0, 0.05) is 18.2 Å². The van der Waals surface area contributed by atoms with Crippen LogP contribution in [0.25, 0.3) is 5.57 Å². The Hall–Kier alpha value is -2.41. The molecule has 0 atom stereocenters. The lowest BCUT2D eigenvalue weighted by atomic mass is 9.79. The average molecular weight is 430 g/mol. The molecule has 0 saturated carbocycles. The largest absolute Gasteiger partial charge is 0.261 e. The van der Waals surface area contributed by atoms with E-state index in [9.17, 15) is 0 Å². The molecule has 1 nitrogen and oxygen atoms in total. The molecule has 0 bridgehead atoms. The van der Waals surface area contributed by atoms with Gasteiger partial charge in [0.1, 0.15) is 0 Å². The summed E-state index contributed by atoms with van der Waals surface area (Å²) in [5.74, 6) is 0. The smallest absolute Gasteiger partial charge is 0.0666 e. The normalized spacial score (nSPS) is 14.3. The third-order valence-electron chi connectivity index (χ3n) is 5.50. The van der Waals surface area contributed by atoms with Gasteiger partial charge in [0.2, 0.25) is 0 Å². The molecule has 0 aromatic heterocycles. The summed E-state index contributed by atoms with van der Waals surface area (Å²) in [5, 5.41) is 0. The Morgan fingerprint density at radius 1 is 0.781 bits per heavy atom. The average Bonchev–Trinajstić information content (AvgIpc) is 2.66. The number of hydrogen-bond acceptors (Lipinski definition) is 1. The summed E-state index contributed by atoms with van der Waals surface area (Å²) in [6.07, 6.45) is 7.35. The molecule has 0 radical (unpaired) electrons. The van der Waals surface area contributed by atoms with Gasteiger partial charge in [-0.2, -0.15) is 0 Å². The van der Waals surface area contributed by atoms with Crippen LogP contribution in [0.2, 0.25) is 0 Å². The SMILES string of the molecule is C\C=C(C(=C\C(C)(C)C)/N=C/Cc1cc(C(C)(C)C)cc(C(C)(C)C)c1)\c1ccccc1. The van der Waals surface area contributed by atoms with Gasteiger partial charge in [-0.1, -0.05) is 123 Å². The minimum absolute atomic E-state index is 0.0429. The number of allylic oxidation sites excluding steroid dienone is 3. The predicted molar refractivity (Wildman–Crippen MR) is 144 cm³/mol.